The second kappa shape index (κ2) is 4.09. The molecule has 4 heteroatoms. The molecule has 1 atom stereocenters. The number of hydrogen-bond acceptors (Lipinski definition) is 2. The van der Waals surface area contributed by atoms with Gasteiger partial charge in [0, 0.05) is 0 Å². The minimum absolute atomic E-state index is 0.0527. The largest absolute Gasteiger partial charge is 0.345 e. The fourth-order valence-corrected chi connectivity index (χ4v) is 1.21. The molecule has 0 saturated carbocycles. The van der Waals surface area contributed by atoms with Gasteiger partial charge in [-0.25, -0.2) is 0 Å². The monoisotopic (exact) mass is 170 g/mol. The Bertz CT molecular complexity index is 191. The topological polar surface area (TPSA) is 58.2 Å². The van der Waals surface area contributed by atoms with Crippen LogP contribution in [0.1, 0.15) is 26.2 Å². The van der Waals surface area contributed by atoms with E-state index in [0.717, 1.165) is 19.3 Å². The number of hydrogen-bond donors (Lipinski definition) is 2. The first-order chi connectivity index (χ1) is 5.74. The number of piperazine rings is 1. The molecule has 0 radical (unpaired) electrons. The lowest BCUT2D eigenvalue weighted by Crippen LogP contribution is -2.55. The predicted molar refractivity (Wildman–Crippen MR) is 44.5 cm³/mol. The Morgan fingerprint density at radius 3 is 2.92 bits per heavy atom. The molecule has 1 fully saturated rings. The zero-order valence-electron chi connectivity index (χ0n) is 7.22. The highest BCUT2D eigenvalue weighted by Gasteiger charge is 2.24. The molecule has 68 valence electrons. The summed E-state index contributed by atoms with van der Waals surface area (Å²) in [6.07, 6.45) is 2.76. The maximum atomic E-state index is 11.1. The van der Waals surface area contributed by atoms with Crippen molar-refractivity contribution in [1.29, 1.82) is 0 Å². The quantitative estimate of drug-likeness (QED) is 0.615. The summed E-state index contributed by atoms with van der Waals surface area (Å²) in [6, 6.07) is -0.300. The lowest BCUT2D eigenvalue weighted by molar-refractivity contribution is -0.133. The van der Waals surface area contributed by atoms with Gasteiger partial charge in [0.05, 0.1) is 6.54 Å². The fourth-order valence-electron chi connectivity index (χ4n) is 1.21. The maximum absolute atomic E-state index is 11.1. The Hall–Kier alpha value is -1.06. The standard InChI is InChI=1S/C8H14N2O2/c1-2-3-4-6-8(12)9-5-7(11)10-6/h6H,2-5H2,1H3,(H,9,12)(H,10,11)/t6-/m0/s1. The summed E-state index contributed by atoms with van der Waals surface area (Å²) in [6.45, 7) is 2.18. The van der Waals surface area contributed by atoms with E-state index < -0.39 is 0 Å². The van der Waals surface area contributed by atoms with Crippen LogP contribution in [-0.4, -0.2) is 24.4 Å². The summed E-state index contributed by atoms with van der Waals surface area (Å²) < 4.78 is 0. The molecule has 1 rings (SSSR count). The van der Waals surface area contributed by atoms with Crippen LogP contribution in [0.3, 0.4) is 0 Å². The molecule has 0 bridgehead atoms. The molecule has 4 nitrogen and oxygen atoms in total. The molecule has 1 saturated heterocycles. The summed E-state index contributed by atoms with van der Waals surface area (Å²) in [7, 11) is 0. The highest BCUT2D eigenvalue weighted by Crippen LogP contribution is 2.02. The predicted octanol–water partition coefficient (Wildman–Crippen LogP) is -0.209. The number of carbonyl (C=O) groups excluding carboxylic acids is 2. The van der Waals surface area contributed by atoms with Gasteiger partial charge in [-0.05, 0) is 6.42 Å². The first-order valence-electron chi connectivity index (χ1n) is 4.31. The number of unbranched alkanes of at least 4 members (excludes halogenated alkanes) is 1. The zero-order valence-corrected chi connectivity index (χ0v) is 7.22. The average molecular weight is 170 g/mol. The number of rotatable bonds is 3. The van der Waals surface area contributed by atoms with Crippen LogP contribution in [-0.2, 0) is 9.59 Å². The van der Waals surface area contributed by atoms with E-state index in [0.29, 0.717) is 0 Å². The van der Waals surface area contributed by atoms with Crippen LogP contribution in [0.15, 0.2) is 0 Å². The van der Waals surface area contributed by atoms with Crippen molar-refractivity contribution < 1.29 is 9.59 Å². The van der Waals surface area contributed by atoms with Crippen molar-refractivity contribution in [3.8, 4) is 0 Å². The van der Waals surface area contributed by atoms with Gasteiger partial charge in [0.1, 0.15) is 6.04 Å². The zero-order chi connectivity index (χ0) is 8.97. The SMILES string of the molecule is CCCC[C@@H]1NC(=O)CNC1=O. The minimum atomic E-state index is -0.300. The Morgan fingerprint density at radius 1 is 1.50 bits per heavy atom. The third-order valence-corrected chi connectivity index (χ3v) is 1.92. The molecule has 1 aliphatic heterocycles. The molecule has 12 heavy (non-hydrogen) atoms. The summed E-state index contributed by atoms with van der Waals surface area (Å²) in [5.74, 6) is -0.140. The average Bonchev–Trinajstić information content (AvgIpc) is 2.07. The number of nitrogens with one attached hydrogen (secondary N) is 2. The van der Waals surface area contributed by atoms with Crippen molar-refractivity contribution in [3.63, 3.8) is 0 Å². The van der Waals surface area contributed by atoms with Crippen LogP contribution < -0.4 is 10.6 Å². The molecule has 1 aliphatic rings. The van der Waals surface area contributed by atoms with Gasteiger partial charge in [-0.1, -0.05) is 19.8 Å². The van der Waals surface area contributed by atoms with Gasteiger partial charge < -0.3 is 10.6 Å². The van der Waals surface area contributed by atoms with E-state index in [-0.39, 0.29) is 24.4 Å². The van der Waals surface area contributed by atoms with Crippen LogP contribution in [0.2, 0.25) is 0 Å². The molecular formula is C8H14N2O2. The summed E-state index contributed by atoms with van der Waals surface area (Å²) in [4.78, 5) is 22.0. The molecular weight excluding hydrogens is 156 g/mol. The highest BCUT2D eigenvalue weighted by molar-refractivity contribution is 5.94. The molecule has 2 N–H and O–H groups in total. The Morgan fingerprint density at radius 2 is 2.25 bits per heavy atom. The van der Waals surface area contributed by atoms with Crippen molar-refractivity contribution in [2.45, 2.75) is 32.2 Å². The molecule has 0 aromatic heterocycles. The second-order valence-corrected chi connectivity index (χ2v) is 2.98. The first kappa shape index (κ1) is 9.03. The van der Waals surface area contributed by atoms with E-state index in [1.54, 1.807) is 0 Å². The second-order valence-electron chi connectivity index (χ2n) is 2.98. The van der Waals surface area contributed by atoms with Crippen molar-refractivity contribution in [2.75, 3.05) is 6.54 Å². The lowest BCUT2D eigenvalue weighted by atomic mass is 10.1. The summed E-state index contributed by atoms with van der Waals surface area (Å²) >= 11 is 0. The fraction of sp³-hybridized carbons (Fsp3) is 0.750. The van der Waals surface area contributed by atoms with Gasteiger partial charge in [-0.15, -0.1) is 0 Å². The first-order valence-corrected chi connectivity index (χ1v) is 4.31. The Labute approximate surface area is 71.7 Å². The van der Waals surface area contributed by atoms with E-state index in [1.165, 1.54) is 0 Å². The van der Waals surface area contributed by atoms with Gasteiger partial charge in [0.25, 0.3) is 0 Å². The summed E-state index contributed by atoms with van der Waals surface area (Å²) in [5.41, 5.74) is 0. The van der Waals surface area contributed by atoms with Crippen molar-refractivity contribution >= 4 is 11.8 Å². The molecule has 0 spiro atoms. The molecule has 0 aromatic carbocycles. The molecule has 1 heterocycles. The molecule has 0 unspecified atom stereocenters. The molecule has 2 amide bonds. The van der Waals surface area contributed by atoms with Gasteiger partial charge in [0.2, 0.25) is 11.8 Å². The van der Waals surface area contributed by atoms with E-state index in [1.807, 2.05) is 0 Å². The molecule has 0 aliphatic carbocycles. The Balaban J connectivity index is 2.38. The van der Waals surface area contributed by atoms with Crippen LogP contribution >= 0.6 is 0 Å². The number of carbonyl (C=O) groups is 2. The van der Waals surface area contributed by atoms with E-state index >= 15 is 0 Å². The van der Waals surface area contributed by atoms with Crippen LogP contribution in [0.4, 0.5) is 0 Å². The normalized spacial score (nSPS) is 23.2. The minimum Gasteiger partial charge on any atom is -0.345 e. The van der Waals surface area contributed by atoms with Crippen molar-refractivity contribution in [2.24, 2.45) is 0 Å². The van der Waals surface area contributed by atoms with E-state index in [9.17, 15) is 9.59 Å². The molecule has 0 aromatic rings. The van der Waals surface area contributed by atoms with Gasteiger partial charge in [-0.3, -0.25) is 9.59 Å². The van der Waals surface area contributed by atoms with Gasteiger partial charge in [0.15, 0.2) is 0 Å². The van der Waals surface area contributed by atoms with E-state index in [4.69, 9.17) is 0 Å². The van der Waals surface area contributed by atoms with Crippen molar-refractivity contribution in [3.05, 3.63) is 0 Å². The smallest absolute Gasteiger partial charge is 0.243 e. The van der Waals surface area contributed by atoms with Crippen molar-refractivity contribution in [1.82, 2.24) is 10.6 Å². The van der Waals surface area contributed by atoms with E-state index in [2.05, 4.69) is 17.6 Å². The highest BCUT2D eigenvalue weighted by atomic mass is 16.2. The number of amides is 2. The maximum Gasteiger partial charge on any atom is 0.243 e. The summed E-state index contributed by atoms with van der Waals surface area (Å²) in [5, 5.41) is 5.19. The lowest BCUT2D eigenvalue weighted by Gasteiger charge is -2.22. The van der Waals surface area contributed by atoms with Crippen LogP contribution in [0.25, 0.3) is 0 Å². The Kier molecular flexibility index (Phi) is 3.08. The van der Waals surface area contributed by atoms with Crippen LogP contribution in [0, 0.1) is 0 Å². The van der Waals surface area contributed by atoms with Crippen LogP contribution in [0.5, 0.6) is 0 Å². The van der Waals surface area contributed by atoms with Gasteiger partial charge >= 0.3 is 0 Å². The third-order valence-electron chi connectivity index (χ3n) is 1.92. The van der Waals surface area contributed by atoms with Gasteiger partial charge in [-0.2, -0.15) is 0 Å². The third kappa shape index (κ3) is 2.22.